The number of amides is 1. The van der Waals surface area contributed by atoms with Crippen LogP contribution in [0.25, 0.3) is 0 Å². The van der Waals surface area contributed by atoms with E-state index in [1.54, 1.807) is 0 Å². The Balaban J connectivity index is 1.91. The van der Waals surface area contributed by atoms with Crippen molar-refractivity contribution in [3.05, 3.63) is 35.4 Å². The number of likely N-dealkylation sites (tertiary alicyclic amines) is 1. The van der Waals surface area contributed by atoms with Gasteiger partial charge in [-0.15, -0.1) is 0 Å². The Labute approximate surface area is 120 Å². The molecule has 0 bridgehead atoms. The molecule has 1 fully saturated rings. The first-order valence-corrected chi connectivity index (χ1v) is 7.32. The molecule has 0 aromatic heterocycles. The van der Waals surface area contributed by atoms with Crippen LogP contribution in [-0.2, 0) is 11.2 Å². The molecule has 1 heterocycles. The van der Waals surface area contributed by atoms with Crippen molar-refractivity contribution in [3.63, 3.8) is 0 Å². The molecule has 20 heavy (non-hydrogen) atoms. The van der Waals surface area contributed by atoms with Gasteiger partial charge in [0.1, 0.15) is 5.60 Å². The number of carbonyl (C=O) groups is 1. The maximum absolute atomic E-state index is 12.5. The topological polar surface area (TPSA) is 29.5 Å². The fourth-order valence-corrected chi connectivity index (χ4v) is 3.64. The molecule has 1 aromatic carbocycles. The minimum atomic E-state index is -0.448. The van der Waals surface area contributed by atoms with E-state index in [0.29, 0.717) is 5.92 Å². The lowest BCUT2D eigenvalue weighted by molar-refractivity contribution is -0.108. The molecule has 1 amide bonds. The molecule has 0 N–H and O–H groups in total. The third kappa shape index (κ3) is 1.83. The Morgan fingerprint density at radius 1 is 1.30 bits per heavy atom. The maximum atomic E-state index is 12.5. The molecule has 2 atom stereocenters. The summed E-state index contributed by atoms with van der Waals surface area (Å²) in [5.74, 6) is 0.507. The van der Waals surface area contributed by atoms with Crippen molar-refractivity contribution in [2.45, 2.75) is 58.2 Å². The third-order valence-corrected chi connectivity index (χ3v) is 4.59. The van der Waals surface area contributed by atoms with E-state index in [-0.39, 0.29) is 17.7 Å². The lowest BCUT2D eigenvalue weighted by atomic mass is 9.71. The second-order valence-electron chi connectivity index (χ2n) is 7.46. The van der Waals surface area contributed by atoms with Crippen LogP contribution in [0.15, 0.2) is 24.3 Å². The number of fused-ring (bicyclic) bond motifs is 3. The number of nitrogens with zero attached hydrogens (tertiary/aromatic N) is 1. The van der Waals surface area contributed by atoms with Crippen LogP contribution in [0.3, 0.4) is 0 Å². The summed E-state index contributed by atoms with van der Waals surface area (Å²) in [5, 5.41) is 0. The maximum Gasteiger partial charge on any atom is 0.411 e. The molecule has 1 saturated heterocycles. The molecule has 0 radical (unpaired) electrons. The zero-order chi connectivity index (χ0) is 14.7. The molecule has 2 unspecified atom stereocenters. The zero-order valence-electron chi connectivity index (χ0n) is 12.9. The molecular formula is C17H23NO2. The van der Waals surface area contributed by atoms with Crippen LogP contribution in [0.4, 0.5) is 4.79 Å². The molecule has 3 heteroatoms. The Kier molecular flexibility index (Phi) is 2.69. The second-order valence-corrected chi connectivity index (χ2v) is 7.46. The smallest absolute Gasteiger partial charge is 0.411 e. The van der Waals surface area contributed by atoms with Gasteiger partial charge >= 0.3 is 6.09 Å². The van der Waals surface area contributed by atoms with Crippen molar-refractivity contribution in [2.75, 3.05) is 0 Å². The van der Waals surface area contributed by atoms with Gasteiger partial charge in [0.05, 0.1) is 6.04 Å². The lowest BCUT2D eigenvalue weighted by Gasteiger charge is -2.58. The van der Waals surface area contributed by atoms with Gasteiger partial charge in [-0.3, -0.25) is 4.90 Å². The van der Waals surface area contributed by atoms with Crippen LogP contribution in [0.2, 0.25) is 0 Å². The van der Waals surface area contributed by atoms with E-state index >= 15 is 0 Å². The summed E-state index contributed by atoms with van der Waals surface area (Å²) in [6, 6.07) is 8.65. The fraction of sp³-hybridized carbons (Fsp3) is 0.588. The predicted molar refractivity (Wildman–Crippen MR) is 78.5 cm³/mol. The Hall–Kier alpha value is -1.51. The summed E-state index contributed by atoms with van der Waals surface area (Å²) in [6.45, 7) is 10.0. The molecule has 0 spiro atoms. The van der Waals surface area contributed by atoms with E-state index in [4.69, 9.17) is 4.74 Å². The SMILES string of the molecule is CC(C)(C)OC(=O)N1C2c3ccccc3CC2C1(C)C. The Morgan fingerprint density at radius 3 is 2.60 bits per heavy atom. The number of ether oxygens (including phenoxy) is 1. The van der Waals surface area contributed by atoms with Crippen molar-refractivity contribution in [2.24, 2.45) is 5.92 Å². The first-order chi connectivity index (χ1) is 9.22. The number of hydrogen-bond donors (Lipinski definition) is 0. The summed E-state index contributed by atoms with van der Waals surface area (Å²) in [5.41, 5.74) is 2.09. The average molecular weight is 273 g/mol. The fourth-order valence-electron chi connectivity index (χ4n) is 3.64. The molecule has 3 nitrogen and oxygen atoms in total. The summed E-state index contributed by atoms with van der Waals surface area (Å²) in [7, 11) is 0. The Morgan fingerprint density at radius 2 is 1.95 bits per heavy atom. The minimum absolute atomic E-state index is 0.133. The van der Waals surface area contributed by atoms with Crippen LogP contribution < -0.4 is 0 Å². The van der Waals surface area contributed by atoms with E-state index in [0.717, 1.165) is 6.42 Å². The van der Waals surface area contributed by atoms with Crippen LogP contribution in [0, 0.1) is 5.92 Å². The summed E-state index contributed by atoms with van der Waals surface area (Å²) < 4.78 is 5.59. The van der Waals surface area contributed by atoms with Crippen molar-refractivity contribution in [3.8, 4) is 0 Å². The van der Waals surface area contributed by atoms with Gasteiger partial charge in [-0.05, 0) is 52.2 Å². The molecular weight excluding hydrogens is 250 g/mol. The largest absolute Gasteiger partial charge is 0.444 e. The molecule has 108 valence electrons. The van der Waals surface area contributed by atoms with Gasteiger partial charge in [0.25, 0.3) is 0 Å². The summed E-state index contributed by atoms with van der Waals surface area (Å²) in [6.07, 6.45) is 0.869. The second kappa shape index (κ2) is 4.00. The van der Waals surface area contributed by atoms with Crippen LogP contribution in [0.5, 0.6) is 0 Å². The quantitative estimate of drug-likeness (QED) is 0.717. The van der Waals surface area contributed by atoms with Gasteiger partial charge in [-0.2, -0.15) is 0 Å². The van der Waals surface area contributed by atoms with E-state index in [1.165, 1.54) is 11.1 Å². The first-order valence-electron chi connectivity index (χ1n) is 7.32. The molecule has 1 aliphatic carbocycles. The molecule has 3 rings (SSSR count). The standard InChI is InChI=1S/C17H23NO2/c1-16(2,3)20-15(19)18-14-12-9-7-6-8-11(12)10-13(14)17(18,4)5/h6-9,13-14H,10H2,1-5H3. The van der Waals surface area contributed by atoms with E-state index in [9.17, 15) is 4.79 Å². The zero-order valence-corrected chi connectivity index (χ0v) is 12.9. The average Bonchev–Trinajstić information content (AvgIpc) is 2.64. The van der Waals surface area contributed by atoms with Crippen LogP contribution in [-0.4, -0.2) is 22.1 Å². The Bertz CT molecular complexity index is 556. The monoisotopic (exact) mass is 273 g/mol. The highest BCUT2D eigenvalue weighted by molar-refractivity contribution is 5.72. The first kappa shape index (κ1) is 13.5. The van der Waals surface area contributed by atoms with Gasteiger partial charge < -0.3 is 4.74 Å². The molecule has 1 aromatic rings. The van der Waals surface area contributed by atoms with Crippen LogP contribution >= 0.6 is 0 Å². The minimum Gasteiger partial charge on any atom is -0.444 e. The lowest BCUT2D eigenvalue weighted by Crippen LogP contribution is -2.66. The number of benzene rings is 1. The number of hydrogen-bond acceptors (Lipinski definition) is 2. The third-order valence-electron chi connectivity index (χ3n) is 4.59. The highest BCUT2D eigenvalue weighted by atomic mass is 16.6. The summed E-state index contributed by atoms with van der Waals surface area (Å²) >= 11 is 0. The van der Waals surface area contributed by atoms with E-state index in [1.807, 2.05) is 25.7 Å². The molecule has 2 aliphatic rings. The van der Waals surface area contributed by atoms with Crippen molar-refractivity contribution in [1.82, 2.24) is 4.90 Å². The van der Waals surface area contributed by atoms with Gasteiger partial charge in [0.2, 0.25) is 0 Å². The molecule has 0 saturated carbocycles. The van der Waals surface area contributed by atoms with Crippen molar-refractivity contribution >= 4 is 6.09 Å². The highest BCUT2D eigenvalue weighted by Gasteiger charge is 2.61. The molecule has 1 aliphatic heterocycles. The van der Waals surface area contributed by atoms with Crippen molar-refractivity contribution < 1.29 is 9.53 Å². The number of carbonyl (C=O) groups excluding carboxylic acids is 1. The van der Waals surface area contributed by atoms with Gasteiger partial charge in [-0.25, -0.2) is 4.79 Å². The normalized spacial score (nSPS) is 26.6. The van der Waals surface area contributed by atoms with Gasteiger partial charge in [0.15, 0.2) is 0 Å². The highest BCUT2D eigenvalue weighted by Crippen LogP contribution is 2.57. The predicted octanol–water partition coefficient (Wildman–Crippen LogP) is 3.93. The number of rotatable bonds is 0. The van der Waals surface area contributed by atoms with Crippen molar-refractivity contribution in [1.29, 1.82) is 0 Å². The van der Waals surface area contributed by atoms with E-state index in [2.05, 4.69) is 38.1 Å². The summed E-state index contributed by atoms with van der Waals surface area (Å²) in [4.78, 5) is 14.4. The van der Waals surface area contributed by atoms with Gasteiger partial charge in [0, 0.05) is 11.5 Å². The van der Waals surface area contributed by atoms with Crippen LogP contribution in [0.1, 0.15) is 51.8 Å². The van der Waals surface area contributed by atoms with Gasteiger partial charge in [-0.1, -0.05) is 24.3 Å². The van der Waals surface area contributed by atoms with E-state index < -0.39 is 5.60 Å².